The van der Waals surface area contributed by atoms with Gasteiger partial charge in [0, 0.05) is 18.7 Å². The fraction of sp³-hybridized carbons (Fsp3) is 0.467. The highest BCUT2D eigenvalue weighted by atomic mass is 16.5. The number of aliphatic hydroxyl groups is 1. The van der Waals surface area contributed by atoms with Crippen LogP contribution in [0.25, 0.3) is 0 Å². The molecule has 0 aliphatic rings. The van der Waals surface area contributed by atoms with E-state index in [4.69, 9.17) is 9.84 Å². The summed E-state index contributed by atoms with van der Waals surface area (Å²) in [6, 6.07) is 7.04. The zero-order valence-electron chi connectivity index (χ0n) is 13.3. The number of benzene rings is 1. The Bertz CT molecular complexity index is 642. The van der Waals surface area contributed by atoms with Gasteiger partial charge < -0.3 is 15.2 Å². The third-order valence-corrected chi connectivity index (χ3v) is 3.13. The van der Waals surface area contributed by atoms with Crippen LogP contribution in [-0.2, 0) is 6.61 Å². The highest BCUT2D eigenvalue weighted by Gasteiger charge is 2.11. The predicted octanol–water partition coefficient (Wildman–Crippen LogP) is 0.945. The average molecular weight is 319 g/mol. The second-order valence-electron chi connectivity index (χ2n) is 5.28. The van der Waals surface area contributed by atoms with Gasteiger partial charge in [-0.3, -0.25) is 4.79 Å². The Balaban J connectivity index is 1.97. The van der Waals surface area contributed by atoms with Crippen molar-refractivity contribution in [2.45, 2.75) is 32.9 Å². The number of aromatic nitrogens is 4. The molecule has 2 rings (SSSR count). The number of amides is 1. The molecule has 1 amide bonds. The third-order valence-electron chi connectivity index (χ3n) is 3.13. The van der Waals surface area contributed by atoms with Crippen molar-refractivity contribution in [2.75, 3.05) is 13.2 Å². The molecule has 2 aromatic rings. The van der Waals surface area contributed by atoms with Gasteiger partial charge in [-0.15, -0.1) is 5.10 Å². The van der Waals surface area contributed by atoms with Crippen molar-refractivity contribution in [3.63, 3.8) is 0 Å². The molecule has 0 bridgehead atoms. The Morgan fingerprint density at radius 3 is 3.00 bits per heavy atom. The minimum atomic E-state index is -0.198. The number of tetrazole rings is 1. The van der Waals surface area contributed by atoms with E-state index in [9.17, 15) is 4.79 Å². The summed E-state index contributed by atoms with van der Waals surface area (Å²) in [6.45, 7) is 4.67. The van der Waals surface area contributed by atoms with Crippen LogP contribution in [0.4, 0.5) is 0 Å². The summed E-state index contributed by atoms with van der Waals surface area (Å²) in [4.78, 5) is 12.0. The van der Waals surface area contributed by atoms with Gasteiger partial charge in [0.25, 0.3) is 5.91 Å². The number of ether oxygens (including phenoxy) is 1. The molecular weight excluding hydrogens is 298 g/mol. The number of hydrogen-bond donors (Lipinski definition) is 2. The van der Waals surface area contributed by atoms with Crippen LogP contribution in [-0.4, -0.2) is 44.4 Å². The molecule has 0 aliphatic carbocycles. The van der Waals surface area contributed by atoms with Gasteiger partial charge in [-0.2, -0.15) is 0 Å². The lowest BCUT2D eigenvalue weighted by Crippen LogP contribution is -2.24. The van der Waals surface area contributed by atoms with E-state index in [2.05, 4.69) is 20.8 Å². The van der Waals surface area contributed by atoms with Crippen LogP contribution in [0.1, 0.15) is 42.5 Å². The van der Waals surface area contributed by atoms with Crippen molar-refractivity contribution >= 4 is 5.91 Å². The third kappa shape index (κ3) is 4.75. The average Bonchev–Trinajstić information content (AvgIpc) is 3.02. The van der Waals surface area contributed by atoms with Gasteiger partial charge in [-0.1, -0.05) is 6.07 Å². The van der Waals surface area contributed by atoms with Gasteiger partial charge >= 0.3 is 0 Å². The van der Waals surface area contributed by atoms with E-state index in [1.807, 2.05) is 13.8 Å². The molecule has 0 saturated carbocycles. The Hall–Kier alpha value is -2.48. The number of nitrogens with zero attached hydrogens (tertiary/aromatic N) is 4. The molecule has 0 saturated heterocycles. The zero-order valence-corrected chi connectivity index (χ0v) is 13.3. The molecule has 0 unspecified atom stereocenters. The van der Waals surface area contributed by atoms with Gasteiger partial charge in [0.15, 0.2) is 5.82 Å². The monoisotopic (exact) mass is 319 g/mol. The lowest BCUT2D eigenvalue weighted by molar-refractivity contribution is 0.0950. The molecular formula is C15H21N5O3. The lowest BCUT2D eigenvalue weighted by atomic mass is 10.2. The summed E-state index contributed by atoms with van der Waals surface area (Å²) in [6.07, 6.45) is 0.528. The van der Waals surface area contributed by atoms with Crippen LogP contribution in [0, 0.1) is 0 Å². The first kappa shape index (κ1) is 16.9. The molecule has 2 N–H and O–H groups in total. The van der Waals surface area contributed by atoms with Crippen molar-refractivity contribution in [2.24, 2.45) is 0 Å². The summed E-state index contributed by atoms with van der Waals surface area (Å²) >= 11 is 0. The van der Waals surface area contributed by atoms with E-state index in [1.165, 1.54) is 0 Å². The second-order valence-corrected chi connectivity index (χ2v) is 5.28. The standard InChI is InChI=1S/C15H21N5O3/c1-11(2)20-14(17-18-19-20)10-23-13-6-3-5-12(9-13)15(22)16-7-4-8-21/h3,5-6,9,11,21H,4,7-8,10H2,1-2H3,(H,16,22). The minimum Gasteiger partial charge on any atom is -0.486 e. The molecule has 23 heavy (non-hydrogen) atoms. The molecule has 124 valence electrons. The van der Waals surface area contributed by atoms with E-state index < -0.39 is 0 Å². The second kappa shape index (κ2) is 8.23. The van der Waals surface area contributed by atoms with Gasteiger partial charge in [0.05, 0.1) is 6.04 Å². The Morgan fingerprint density at radius 1 is 1.43 bits per heavy atom. The lowest BCUT2D eigenvalue weighted by Gasteiger charge is -2.10. The van der Waals surface area contributed by atoms with E-state index in [0.717, 1.165) is 0 Å². The first-order valence-electron chi connectivity index (χ1n) is 7.50. The van der Waals surface area contributed by atoms with Gasteiger partial charge in [0.1, 0.15) is 12.4 Å². The van der Waals surface area contributed by atoms with Crippen molar-refractivity contribution in [1.29, 1.82) is 0 Å². The fourth-order valence-corrected chi connectivity index (χ4v) is 1.97. The summed E-state index contributed by atoms with van der Waals surface area (Å²) < 4.78 is 7.36. The quantitative estimate of drug-likeness (QED) is 0.702. The van der Waals surface area contributed by atoms with Crippen LogP contribution in [0.2, 0.25) is 0 Å². The van der Waals surface area contributed by atoms with Crippen LogP contribution in [0.3, 0.4) is 0 Å². The van der Waals surface area contributed by atoms with Gasteiger partial charge in [0.2, 0.25) is 0 Å². The van der Waals surface area contributed by atoms with Crippen molar-refractivity contribution in [3.8, 4) is 5.75 Å². The number of rotatable bonds is 8. The highest BCUT2D eigenvalue weighted by molar-refractivity contribution is 5.94. The molecule has 1 heterocycles. The first-order valence-corrected chi connectivity index (χ1v) is 7.50. The Kier molecular flexibility index (Phi) is 6.04. The summed E-state index contributed by atoms with van der Waals surface area (Å²) in [5.74, 6) is 0.992. The topological polar surface area (TPSA) is 102 Å². The molecule has 8 heteroatoms. The molecule has 0 atom stereocenters. The van der Waals surface area contributed by atoms with E-state index >= 15 is 0 Å². The van der Waals surface area contributed by atoms with Crippen molar-refractivity contribution in [1.82, 2.24) is 25.5 Å². The molecule has 0 aliphatic heterocycles. The number of hydrogen-bond acceptors (Lipinski definition) is 6. The fourth-order valence-electron chi connectivity index (χ4n) is 1.97. The molecule has 0 spiro atoms. The molecule has 1 aromatic carbocycles. The maximum absolute atomic E-state index is 12.0. The maximum Gasteiger partial charge on any atom is 0.251 e. The Morgan fingerprint density at radius 2 is 2.26 bits per heavy atom. The highest BCUT2D eigenvalue weighted by Crippen LogP contribution is 2.15. The largest absolute Gasteiger partial charge is 0.486 e. The first-order chi connectivity index (χ1) is 11.1. The van der Waals surface area contributed by atoms with Crippen LogP contribution < -0.4 is 10.1 Å². The van der Waals surface area contributed by atoms with Gasteiger partial charge in [-0.25, -0.2) is 4.68 Å². The maximum atomic E-state index is 12.0. The van der Waals surface area contributed by atoms with E-state index in [0.29, 0.717) is 30.1 Å². The zero-order chi connectivity index (χ0) is 16.7. The van der Waals surface area contributed by atoms with E-state index in [-0.39, 0.29) is 25.2 Å². The smallest absolute Gasteiger partial charge is 0.251 e. The summed E-state index contributed by atoms with van der Waals surface area (Å²) in [5.41, 5.74) is 0.504. The minimum absolute atomic E-state index is 0.0496. The van der Waals surface area contributed by atoms with Crippen LogP contribution in [0.15, 0.2) is 24.3 Å². The Labute approximate surface area is 134 Å². The SMILES string of the molecule is CC(C)n1nnnc1COc1cccc(C(=O)NCCCO)c1. The molecule has 0 fully saturated rings. The number of nitrogens with one attached hydrogen (secondary N) is 1. The normalized spacial score (nSPS) is 10.8. The number of aliphatic hydroxyl groups excluding tert-OH is 1. The van der Waals surface area contributed by atoms with Crippen LogP contribution in [0.5, 0.6) is 5.75 Å². The van der Waals surface area contributed by atoms with Crippen molar-refractivity contribution in [3.05, 3.63) is 35.7 Å². The van der Waals surface area contributed by atoms with E-state index in [1.54, 1.807) is 28.9 Å². The number of carbonyl (C=O) groups is 1. The summed E-state index contributed by atoms with van der Waals surface area (Å²) in [5, 5.41) is 22.9. The molecule has 1 aromatic heterocycles. The summed E-state index contributed by atoms with van der Waals surface area (Å²) in [7, 11) is 0. The van der Waals surface area contributed by atoms with Gasteiger partial charge in [-0.05, 0) is 48.9 Å². The van der Waals surface area contributed by atoms with Crippen LogP contribution >= 0.6 is 0 Å². The predicted molar refractivity (Wildman–Crippen MR) is 83.0 cm³/mol. The van der Waals surface area contributed by atoms with Crippen molar-refractivity contribution < 1.29 is 14.6 Å². The molecule has 0 radical (unpaired) electrons. The number of carbonyl (C=O) groups excluding carboxylic acids is 1. The molecule has 8 nitrogen and oxygen atoms in total.